The Morgan fingerprint density at radius 1 is 1.37 bits per heavy atom. The van der Waals surface area contributed by atoms with Gasteiger partial charge in [0.05, 0.1) is 16.7 Å². The molecule has 0 unspecified atom stereocenters. The number of aliphatic carboxylic acids is 1. The van der Waals surface area contributed by atoms with E-state index in [9.17, 15) is 24.2 Å². The third kappa shape index (κ3) is 3.79. The van der Waals surface area contributed by atoms with Crippen molar-refractivity contribution in [1.29, 1.82) is 0 Å². The standard InChI is InChI=1S/C19H18ClFN2O4/c20-15-10-22-6-4-14(15)17(25)23-7-5-16(24)19(11-23,18(26)27)9-12-2-1-3-13(21)8-12/h1-4,6,8,10,16,24H,5,7,9,11H2,(H,26,27)/t16-,19+/m0/s1. The van der Waals surface area contributed by atoms with Crippen LogP contribution in [0.15, 0.2) is 42.7 Å². The second-order valence-electron chi connectivity index (χ2n) is 6.65. The zero-order chi connectivity index (χ0) is 19.6. The molecule has 1 amide bonds. The van der Waals surface area contributed by atoms with Gasteiger partial charge >= 0.3 is 5.97 Å². The predicted octanol–water partition coefficient (Wildman–Crippen LogP) is 2.39. The average molecular weight is 393 g/mol. The molecule has 1 aromatic heterocycles. The number of hydrogen-bond acceptors (Lipinski definition) is 4. The van der Waals surface area contributed by atoms with Gasteiger partial charge in [0.2, 0.25) is 0 Å². The van der Waals surface area contributed by atoms with Crippen LogP contribution in [0.3, 0.4) is 0 Å². The minimum Gasteiger partial charge on any atom is -0.481 e. The van der Waals surface area contributed by atoms with Gasteiger partial charge in [0.25, 0.3) is 5.91 Å². The van der Waals surface area contributed by atoms with Crippen molar-refractivity contribution in [2.24, 2.45) is 5.41 Å². The highest BCUT2D eigenvalue weighted by atomic mass is 35.5. The third-order valence-corrected chi connectivity index (χ3v) is 5.21. The Morgan fingerprint density at radius 3 is 2.81 bits per heavy atom. The van der Waals surface area contributed by atoms with Gasteiger partial charge in [0.15, 0.2) is 0 Å². The number of aromatic nitrogens is 1. The molecule has 0 saturated carbocycles. The minimum absolute atomic E-state index is 0.0933. The fourth-order valence-corrected chi connectivity index (χ4v) is 3.64. The number of aliphatic hydroxyl groups is 1. The van der Waals surface area contributed by atoms with Crippen LogP contribution in [-0.2, 0) is 11.2 Å². The first-order chi connectivity index (χ1) is 12.8. The van der Waals surface area contributed by atoms with E-state index >= 15 is 0 Å². The monoisotopic (exact) mass is 392 g/mol. The van der Waals surface area contributed by atoms with Gasteiger partial charge in [0.1, 0.15) is 11.2 Å². The lowest BCUT2D eigenvalue weighted by Crippen LogP contribution is -2.58. The zero-order valence-corrected chi connectivity index (χ0v) is 15.1. The largest absolute Gasteiger partial charge is 0.481 e. The number of carboxylic acids is 1. The lowest BCUT2D eigenvalue weighted by molar-refractivity contribution is -0.161. The van der Waals surface area contributed by atoms with Gasteiger partial charge in [-0.25, -0.2) is 4.39 Å². The molecule has 1 fully saturated rings. The molecule has 0 aliphatic carbocycles. The molecule has 2 N–H and O–H groups in total. The number of likely N-dealkylation sites (tertiary alicyclic amines) is 1. The van der Waals surface area contributed by atoms with Crippen molar-refractivity contribution in [2.45, 2.75) is 18.9 Å². The number of amides is 1. The zero-order valence-electron chi connectivity index (χ0n) is 14.3. The molecule has 1 aliphatic heterocycles. The number of aliphatic hydroxyl groups excluding tert-OH is 1. The van der Waals surface area contributed by atoms with E-state index in [0.717, 1.165) is 0 Å². The summed E-state index contributed by atoms with van der Waals surface area (Å²) in [4.78, 5) is 30.1. The van der Waals surface area contributed by atoms with E-state index < -0.39 is 29.2 Å². The van der Waals surface area contributed by atoms with Gasteiger partial charge in [-0.3, -0.25) is 14.6 Å². The van der Waals surface area contributed by atoms with Gasteiger partial charge in [-0.15, -0.1) is 0 Å². The quantitative estimate of drug-likeness (QED) is 0.833. The van der Waals surface area contributed by atoms with Crippen LogP contribution in [0.25, 0.3) is 0 Å². The van der Waals surface area contributed by atoms with Crippen LogP contribution in [0.5, 0.6) is 0 Å². The Balaban J connectivity index is 1.92. The minimum atomic E-state index is -1.64. The predicted molar refractivity (Wildman–Crippen MR) is 95.9 cm³/mol. The maximum absolute atomic E-state index is 13.5. The van der Waals surface area contributed by atoms with Crippen LogP contribution in [0.2, 0.25) is 5.02 Å². The number of rotatable bonds is 4. The molecule has 0 radical (unpaired) electrons. The fraction of sp³-hybridized carbons (Fsp3) is 0.316. The van der Waals surface area contributed by atoms with Crippen LogP contribution in [0.1, 0.15) is 22.3 Å². The molecule has 2 aromatic rings. The smallest absolute Gasteiger partial charge is 0.314 e. The van der Waals surface area contributed by atoms with Gasteiger partial charge < -0.3 is 15.1 Å². The molecule has 1 aliphatic rings. The first-order valence-electron chi connectivity index (χ1n) is 8.38. The number of carboxylic acid groups (broad SMARTS) is 1. The maximum Gasteiger partial charge on any atom is 0.314 e. The number of carbonyl (C=O) groups is 2. The molecule has 3 rings (SSSR count). The average Bonchev–Trinajstić information content (AvgIpc) is 2.63. The Hall–Kier alpha value is -2.51. The van der Waals surface area contributed by atoms with Gasteiger partial charge in [-0.05, 0) is 36.6 Å². The van der Waals surface area contributed by atoms with Crippen LogP contribution < -0.4 is 0 Å². The van der Waals surface area contributed by atoms with Crippen LogP contribution in [-0.4, -0.2) is 51.2 Å². The molecule has 2 atom stereocenters. The van der Waals surface area contributed by atoms with Crippen LogP contribution in [0.4, 0.5) is 4.39 Å². The first-order valence-corrected chi connectivity index (χ1v) is 8.76. The summed E-state index contributed by atoms with van der Waals surface area (Å²) >= 11 is 6.03. The number of carbonyl (C=O) groups excluding carboxylic acids is 1. The van der Waals surface area contributed by atoms with Crippen LogP contribution >= 0.6 is 11.6 Å². The number of benzene rings is 1. The summed E-state index contributed by atoms with van der Waals surface area (Å²) in [6.07, 6.45) is 1.58. The molecular formula is C19H18ClFN2O4. The molecule has 8 heteroatoms. The summed E-state index contributed by atoms with van der Waals surface area (Å²) in [7, 11) is 0. The van der Waals surface area contributed by atoms with E-state index in [0.29, 0.717) is 5.56 Å². The highest BCUT2D eigenvalue weighted by Gasteiger charge is 2.50. The molecule has 6 nitrogen and oxygen atoms in total. The summed E-state index contributed by atoms with van der Waals surface area (Å²) in [5.41, 5.74) is -0.984. The lowest BCUT2D eigenvalue weighted by Gasteiger charge is -2.43. The van der Waals surface area contributed by atoms with E-state index in [2.05, 4.69) is 4.98 Å². The number of halogens is 2. The van der Waals surface area contributed by atoms with Crippen molar-refractivity contribution in [2.75, 3.05) is 13.1 Å². The Morgan fingerprint density at radius 2 is 2.15 bits per heavy atom. The Bertz CT molecular complexity index is 878. The van der Waals surface area contributed by atoms with E-state index in [1.54, 1.807) is 6.07 Å². The molecule has 2 heterocycles. The fourth-order valence-electron chi connectivity index (χ4n) is 3.44. The topological polar surface area (TPSA) is 90.7 Å². The summed E-state index contributed by atoms with van der Waals surface area (Å²) in [6.45, 7) is -0.0195. The SMILES string of the molecule is O=C(c1ccncc1Cl)N1CC[C@H](O)[C@](Cc2cccc(F)c2)(C(=O)O)C1. The van der Waals surface area contributed by atoms with Crippen molar-refractivity contribution < 1.29 is 24.2 Å². The normalized spacial score (nSPS) is 22.5. The van der Waals surface area contributed by atoms with Crippen molar-refractivity contribution in [3.63, 3.8) is 0 Å². The molecule has 27 heavy (non-hydrogen) atoms. The van der Waals surface area contributed by atoms with E-state index in [-0.39, 0.29) is 36.5 Å². The summed E-state index contributed by atoms with van der Waals surface area (Å²) in [5.74, 6) is -2.16. The van der Waals surface area contributed by atoms with Crippen molar-refractivity contribution in [3.05, 3.63) is 64.7 Å². The molecule has 0 spiro atoms. The molecule has 1 aromatic carbocycles. The highest BCUT2D eigenvalue weighted by Crippen LogP contribution is 2.36. The summed E-state index contributed by atoms with van der Waals surface area (Å²) < 4.78 is 13.5. The summed E-state index contributed by atoms with van der Waals surface area (Å²) in [5, 5.41) is 20.5. The number of nitrogens with zero attached hydrogens (tertiary/aromatic N) is 2. The Kier molecular flexibility index (Phi) is 5.43. The van der Waals surface area contributed by atoms with Crippen molar-refractivity contribution in [1.82, 2.24) is 9.88 Å². The number of pyridine rings is 1. The summed E-state index contributed by atoms with van der Waals surface area (Å²) in [6, 6.07) is 7.04. The maximum atomic E-state index is 13.5. The molecule has 142 valence electrons. The highest BCUT2D eigenvalue weighted by molar-refractivity contribution is 6.33. The van der Waals surface area contributed by atoms with Gasteiger partial charge in [-0.2, -0.15) is 0 Å². The van der Waals surface area contributed by atoms with E-state index in [1.807, 2.05) is 0 Å². The Labute approximate surface area is 160 Å². The van der Waals surface area contributed by atoms with E-state index in [1.165, 1.54) is 41.6 Å². The van der Waals surface area contributed by atoms with Crippen LogP contribution in [0, 0.1) is 11.2 Å². The lowest BCUT2D eigenvalue weighted by atomic mass is 9.72. The molecule has 0 bridgehead atoms. The first kappa shape index (κ1) is 19.3. The third-order valence-electron chi connectivity index (χ3n) is 4.91. The number of hydrogen-bond donors (Lipinski definition) is 2. The molecular weight excluding hydrogens is 375 g/mol. The van der Waals surface area contributed by atoms with Crippen molar-refractivity contribution >= 4 is 23.5 Å². The van der Waals surface area contributed by atoms with Gasteiger partial charge in [0, 0.05) is 25.5 Å². The second-order valence-corrected chi connectivity index (χ2v) is 7.06. The second kappa shape index (κ2) is 7.62. The number of piperidine rings is 1. The van der Waals surface area contributed by atoms with Gasteiger partial charge in [-0.1, -0.05) is 23.7 Å². The molecule has 1 saturated heterocycles. The van der Waals surface area contributed by atoms with Crippen molar-refractivity contribution in [3.8, 4) is 0 Å². The van der Waals surface area contributed by atoms with E-state index in [4.69, 9.17) is 11.6 Å².